The molecule has 0 aliphatic heterocycles. The first-order valence-electron chi connectivity index (χ1n) is 4.33. The van der Waals surface area contributed by atoms with Crippen LogP contribution in [-0.4, -0.2) is 37.0 Å². The zero-order chi connectivity index (χ0) is 13.3. The van der Waals surface area contributed by atoms with Crippen LogP contribution in [0.1, 0.15) is 0 Å². The minimum atomic E-state index is -0.627. The lowest BCUT2D eigenvalue weighted by Crippen LogP contribution is -2.02. The van der Waals surface area contributed by atoms with Crippen molar-refractivity contribution in [2.45, 2.75) is 0 Å². The van der Waals surface area contributed by atoms with Gasteiger partial charge >= 0.3 is 5.69 Å². The Kier molecular flexibility index (Phi) is 7.82. The lowest BCUT2D eigenvalue weighted by Gasteiger charge is -2.01. The molecule has 1 aromatic heterocycles. The quantitative estimate of drug-likeness (QED) is 0.476. The molecule has 0 unspecified atom stereocenters. The van der Waals surface area contributed by atoms with Gasteiger partial charge in [-0.05, 0) is 15.9 Å². The van der Waals surface area contributed by atoms with Gasteiger partial charge in [-0.2, -0.15) is 0 Å². The molecule has 1 heterocycles. The van der Waals surface area contributed by atoms with Crippen molar-refractivity contribution < 1.29 is 19.2 Å². The number of nitro groups is 1. The van der Waals surface area contributed by atoms with E-state index >= 15 is 0 Å². The topological polar surface area (TPSA) is 91.6 Å². The SMILES string of the molecule is COC.O=CCOc1ncc(Br)cc1[N+](=O)[O-]. The van der Waals surface area contributed by atoms with E-state index in [4.69, 9.17) is 4.74 Å². The fourth-order valence-corrected chi connectivity index (χ4v) is 1.09. The van der Waals surface area contributed by atoms with Gasteiger partial charge in [0.1, 0.15) is 6.61 Å². The maximum absolute atomic E-state index is 10.5. The van der Waals surface area contributed by atoms with Crippen LogP contribution in [0.5, 0.6) is 5.88 Å². The van der Waals surface area contributed by atoms with Crippen LogP contribution in [0.2, 0.25) is 0 Å². The van der Waals surface area contributed by atoms with Crippen LogP contribution in [0, 0.1) is 10.1 Å². The van der Waals surface area contributed by atoms with Crippen molar-refractivity contribution in [2.75, 3.05) is 20.8 Å². The summed E-state index contributed by atoms with van der Waals surface area (Å²) in [5.41, 5.74) is -0.277. The van der Waals surface area contributed by atoms with Crippen LogP contribution >= 0.6 is 15.9 Å². The van der Waals surface area contributed by atoms with Crippen molar-refractivity contribution >= 4 is 27.9 Å². The molecule has 0 saturated heterocycles. The van der Waals surface area contributed by atoms with Gasteiger partial charge in [-0.3, -0.25) is 14.9 Å². The number of carbonyl (C=O) groups excluding carboxylic acids is 1. The number of carbonyl (C=O) groups is 1. The van der Waals surface area contributed by atoms with Gasteiger partial charge in [-0.25, -0.2) is 4.98 Å². The molecule has 1 aromatic rings. The van der Waals surface area contributed by atoms with Gasteiger partial charge < -0.3 is 9.47 Å². The Morgan fingerprint density at radius 2 is 2.18 bits per heavy atom. The summed E-state index contributed by atoms with van der Waals surface area (Å²) in [4.78, 5) is 23.5. The minimum Gasteiger partial charge on any atom is -0.465 e. The molecule has 0 saturated carbocycles. The summed E-state index contributed by atoms with van der Waals surface area (Å²) in [6, 6.07) is 1.26. The number of ether oxygens (including phenoxy) is 2. The van der Waals surface area contributed by atoms with Gasteiger partial charge in [0.15, 0.2) is 6.29 Å². The predicted octanol–water partition coefficient (Wildman–Crippen LogP) is 1.59. The number of aromatic nitrogens is 1. The summed E-state index contributed by atoms with van der Waals surface area (Å²) in [6.07, 6.45) is 1.85. The maximum atomic E-state index is 10.5. The van der Waals surface area contributed by atoms with E-state index in [-0.39, 0.29) is 18.2 Å². The maximum Gasteiger partial charge on any atom is 0.332 e. The van der Waals surface area contributed by atoms with Gasteiger partial charge in [0, 0.05) is 31.0 Å². The fraction of sp³-hybridized carbons (Fsp3) is 0.333. The molecule has 0 N–H and O–H groups in total. The van der Waals surface area contributed by atoms with Crippen molar-refractivity contribution in [1.29, 1.82) is 0 Å². The molecule has 0 atom stereocenters. The highest BCUT2D eigenvalue weighted by Crippen LogP contribution is 2.26. The average molecular weight is 307 g/mol. The van der Waals surface area contributed by atoms with Crippen LogP contribution in [0.15, 0.2) is 16.7 Å². The molecular weight excluding hydrogens is 296 g/mol. The first kappa shape index (κ1) is 15.5. The van der Waals surface area contributed by atoms with Gasteiger partial charge in [0.2, 0.25) is 0 Å². The lowest BCUT2D eigenvalue weighted by molar-refractivity contribution is -0.386. The van der Waals surface area contributed by atoms with E-state index in [2.05, 4.69) is 25.7 Å². The zero-order valence-electron chi connectivity index (χ0n) is 9.25. The third-order valence-corrected chi connectivity index (χ3v) is 1.72. The molecule has 0 radical (unpaired) electrons. The number of methoxy groups -OCH3 is 1. The van der Waals surface area contributed by atoms with Gasteiger partial charge in [-0.1, -0.05) is 0 Å². The molecule has 0 aromatic carbocycles. The summed E-state index contributed by atoms with van der Waals surface area (Å²) in [5, 5.41) is 10.5. The van der Waals surface area contributed by atoms with E-state index in [1.165, 1.54) is 12.3 Å². The second-order valence-electron chi connectivity index (χ2n) is 2.62. The van der Waals surface area contributed by atoms with E-state index in [0.717, 1.165) is 0 Å². The molecule has 0 bridgehead atoms. The summed E-state index contributed by atoms with van der Waals surface area (Å²) in [6.45, 7) is -0.254. The Bertz CT molecular complexity index is 386. The van der Waals surface area contributed by atoms with E-state index < -0.39 is 4.92 Å². The summed E-state index contributed by atoms with van der Waals surface area (Å²) in [7, 11) is 3.25. The van der Waals surface area contributed by atoms with E-state index in [9.17, 15) is 14.9 Å². The smallest absolute Gasteiger partial charge is 0.332 e. The van der Waals surface area contributed by atoms with Crippen LogP contribution < -0.4 is 4.74 Å². The molecule has 0 aliphatic rings. The summed E-state index contributed by atoms with van der Waals surface area (Å²) < 4.78 is 9.49. The Balaban J connectivity index is 0.000000770. The van der Waals surface area contributed by atoms with Crippen molar-refractivity contribution in [3.63, 3.8) is 0 Å². The molecule has 0 spiro atoms. The van der Waals surface area contributed by atoms with E-state index in [1.54, 1.807) is 14.2 Å². The molecule has 1 rings (SSSR count). The highest BCUT2D eigenvalue weighted by molar-refractivity contribution is 9.10. The third-order valence-electron chi connectivity index (χ3n) is 1.28. The molecule has 0 amide bonds. The summed E-state index contributed by atoms with van der Waals surface area (Å²) >= 11 is 3.04. The number of rotatable bonds is 4. The Morgan fingerprint density at radius 3 is 2.65 bits per heavy atom. The van der Waals surface area contributed by atoms with Crippen LogP contribution in [0.3, 0.4) is 0 Å². The second kappa shape index (κ2) is 8.59. The molecule has 17 heavy (non-hydrogen) atoms. The second-order valence-corrected chi connectivity index (χ2v) is 3.54. The first-order valence-corrected chi connectivity index (χ1v) is 5.12. The number of aldehydes is 1. The summed E-state index contributed by atoms with van der Waals surface area (Å²) in [5.74, 6) is -0.162. The highest BCUT2D eigenvalue weighted by Gasteiger charge is 2.16. The molecule has 94 valence electrons. The van der Waals surface area contributed by atoms with Crippen molar-refractivity contribution in [3.05, 3.63) is 26.9 Å². The van der Waals surface area contributed by atoms with Crippen molar-refractivity contribution in [3.8, 4) is 5.88 Å². The third kappa shape index (κ3) is 5.93. The number of halogens is 1. The van der Waals surface area contributed by atoms with Crippen LogP contribution in [0.25, 0.3) is 0 Å². The van der Waals surface area contributed by atoms with Gasteiger partial charge in [0.05, 0.1) is 4.92 Å². The Hall–Kier alpha value is -1.54. The standard InChI is InChI=1S/C7H5BrN2O4.C2H6O/c8-5-3-6(10(12)13)7(9-4-5)14-2-1-11;1-3-2/h1,3-4H,2H2;1-2H3. The number of hydrogen-bond acceptors (Lipinski definition) is 6. The lowest BCUT2D eigenvalue weighted by atomic mass is 10.4. The largest absolute Gasteiger partial charge is 0.465 e. The first-order chi connectivity index (χ1) is 8.06. The van der Waals surface area contributed by atoms with Crippen molar-refractivity contribution in [1.82, 2.24) is 4.98 Å². The Labute approximate surface area is 106 Å². The van der Waals surface area contributed by atoms with Crippen LogP contribution in [0.4, 0.5) is 5.69 Å². The average Bonchev–Trinajstić information content (AvgIpc) is 2.28. The fourth-order valence-electron chi connectivity index (χ4n) is 0.771. The highest BCUT2D eigenvalue weighted by atomic mass is 79.9. The minimum absolute atomic E-state index is 0.162. The molecular formula is C9H11BrN2O5. The zero-order valence-corrected chi connectivity index (χ0v) is 10.8. The monoisotopic (exact) mass is 306 g/mol. The molecule has 7 nitrogen and oxygen atoms in total. The predicted molar refractivity (Wildman–Crippen MR) is 63.1 cm³/mol. The van der Waals surface area contributed by atoms with Crippen molar-refractivity contribution in [2.24, 2.45) is 0 Å². The van der Waals surface area contributed by atoms with E-state index in [0.29, 0.717) is 10.8 Å². The van der Waals surface area contributed by atoms with Crippen LogP contribution in [-0.2, 0) is 9.53 Å². The molecule has 0 fully saturated rings. The number of hydrogen-bond donors (Lipinski definition) is 0. The molecule has 8 heteroatoms. The number of nitrogens with zero attached hydrogens (tertiary/aromatic N) is 2. The normalized spacial score (nSPS) is 8.88. The van der Waals surface area contributed by atoms with E-state index in [1.807, 2.05) is 0 Å². The van der Waals surface area contributed by atoms with Gasteiger partial charge in [0.25, 0.3) is 5.88 Å². The molecule has 0 aliphatic carbocycles. The Morgan fingerprint density at radius 1 is 1.59 bits per heavy atom. The van der Waals surface area contributed by atoms with Gasteiger partial charge in [-0.15, -0.1) is 0 Å². The number of pyridine rings is 1.